The molecule has 1 aliphatic heterocycles. The zero-order valence-corrected chi connectivity index (χ0v) is 15.8. The Labute approximate surface area is 159 Å². The Morgan fingerprint density at radius 3 is 2.70 bits per heavy atom. The van der Waals surface area contributed by atoms with Crippen LogP contribution in [0, 0.1) is 5.92 Å². The minimum atomic E-state index is 0.111. The van der Waals surface area contributed by atoms with Gasteiger partial charge in [-0.2, -0.15) is 0 Å². The van der Waals surface area contributed by atoms with Crippen LogP contribution >= 0.6 is 0 Å². The highest BCUT2D eigenvalue weighted by atomic mass is 16.5. The summed E-state index contributed by atoms with van der Waals surface area (Å²) in [7, 11) is 0. The van der Waals surface area contributed by atoms with Crippen LogP contribution in [0.25, 0.3) is 0 Å². The van der Waals surface area contributed by atoms with Gasteiger partial charge in [0.15, 0.2) is 0 Å². The fourth-order valence-corrected chi connectivity index (χ4v) is 3.73. The van der Waals surface area contributed by atoms with Gasteiger partial charge in [-0.05, 0) is 53.3 Å². The van der Waals surface area contributed by atoms with Crippen molar-refractivity contribution in [2.45, 2.75) is 57.8 Å². The van der Waals surface area contributed by atoms with Gasteiger partial charge in [0.05, 0.1) is 18.8 Å². The van der Waals surface area contributed by atoms with Crippen molar-refractivity contribution in [2.24, 2.45) is 5.92 Å². The number of aromatic nitrogens is 4. The van der Waals surface area contributed by atoms with Gasteiger partial charge in [-0.15, -0.1) is 5.10 Å². The van der Waals surface area contributed by atoms with E-state index in [1.807, 2.05) is 29.2 Å². The number of hydrogen-bond acceptors (Lipinski definition) is 5. The number of nitrogens with zero attached hydrogens (tertiary/aromatic N) is 5. The van der Waals surface area contributed by atoms with Crippen molar-refractivity contribution in [1.82, 2.24) is 25.1 Å². The summed E-state index contributed by atoms with van der Waals surface area (Å²) in [5.41, 5.74) is 1.80. The molecule has 2 aromatic rings. The third-order valence-corrected chi connectivity index (χ3v) is 5.44. The molecule has 7 heteroatoms. The molecule has 0 spiro atoms. The third kappa shape index (κ3) is 4.53. The Balaban J connectivity index is 1.42. The molecule has 0 bridgehead atoms. The van der Waals surface area contributed by atoms with Crippen LogP contribution in [0.3, 0.4) is 0 Å². The second kappa shape index (κ2) is 8.17. The molecule has 2 atom stereocenters. The molecule has 0 N–H and O–H groups in total. The molecule has 1 aromatic heterocycles. The lowest BCUT2D eigenvalue weighted by Crippen LogP contribution is -2.50. The minimum absolute atomic E-state index is 0.111. The largest absolute Gasteiger partial charge is 0.371 e. The highest BCUT2D eigenvalue weighted by Crippen LogP contribution is 2.37. The standard InChI is InChI=1S/C20H27N5O2/c1-2-3-4-18-12-24(13-19(27-18)16-9-10-16)20(26)17-7-5-15(6-8-17)11-25-14-21-22-23-25/h5-8,14,16,18-19H,2-4,9-13H2,1H3/t18-,19-/m1/s1. The number of carbonyl (C=O) groups is 1. The van der Waals surface area contributed by atoms with Gasteiger partial charge in [0, 0.05) is 18.7 Å². The molecule has 2 heterocycles. The van der Waals surface area contributed by atoms with Crippen LogP contribution in [0.5, 0.6) is 0 Å². The smallest absolute Gasteiger partial charge is 0.254 e. The number of benzene rings is 1. The summed E-state index contributed by atoms with van der Waals surface area (Å²) in [6.07, 6.45) is 7.78. The Bertz CT molecular complexity index is 742. The van der Waals surface area contributed by atoms with Gasteiger partial charge >= 0.3 is 0 Å². The van der Waals surface area contributed by atoms with E-state index in [1.165, 1.54) is 12.8 Å². The van der Waals surface area contributed by atoms with Crippen molar-refractivity contribution in [3.05, 3.63) is 41.7 Å². The van der Waals surface area contributed by atoms with E-state index in [0.29, 0.717) is 19.0 Å². The maximum absolute atomic E-state index is 13.1. The lowest BCUT2D eigenvalue weighted by Gasteiger charge is -2.38. The highest BCUT2D eigenvalue weighted by Gasteiger charge is 2.39. The molecule has 1 aliphatic carbocycles. The number of carbonyl (C=O) groups excluding carboxylic acids is 1. The summed E-state index contributed by atoms with van der Waals surface area (Å²) in [6, 6.07) is 7.76. The topological polar surface area (TPSA) is 73.1 Å². The third-order valence-electron chi connectivity index (χ3n) is 5.44. The SMILES string of the molecule is CCCC[C@@H]1CN(C(=O)c2ccc(Cn3cnnn3)cc2)C[C@H](C2CC2)O1. The molecule has 2 aliphatic rings. The second-order valence-electron chi connectivity index (χ2n) is 7.69. The number of amides is 1. The quantitative estimate of drug-likeness (QED) is 0.750. The van der Waals surface area contributed by atoms with Crippen LogP contribution in [0.4, 0.5) is 0 Å². The first kappa shape index (κ1) is 18.1. The summed E-state index contributed by atoms with van der Waals surface area (Å²) in [5.74, 6) is 0.753. The van der Waals surface area contributed by atoms with Crippen molar-refractivity contribution in [3.8, 4) is 0 Å². The van der Waals surface area contributed by atoms with Crippen LogP contribution in [0.15, 0.2) is 30.6 Å². The van der Waals surface area contributed by atoms with E-state index >= 15 is 0 Å². The molecule has 2 fully saturated rings. The Morgan fingerprint density at radius 1 is 1.22 bits per heavy atom. The lowest BCUT2D eigenvalue weighted by molar-refractivity contribution is -0.0874. The first-order valence-electron chi connectivity index (χ1n) is 9.97. The monoisotopic (exact) mass is 369 g/mol. The Kier molecular flexibility index (Phi) is 5.48. The van der Waals surface area contributed by atoms with Gasteiger partial charge in [0.1, 0.15) is 6.33 Å². The van der Waals surface area contributed by atoms with Crippen LogP contribution in [-0.4, -0.2) is 56.3 Å². The van der Waals surface area contributed by atoms with Crippen molar-refractivity contribution >= 4 is 5.91 Å². The molecule has 1 saturated carbocycles. The molecule has 4 rings (SSSR count). The number of tetrazole rings is 1. The van der Waals surface area contributed by atoms with Crippen LogP contribution in [-0.2, 0) is 11.3 Å². The highest BCUT2D eigenvalue weighted by molar-refractivity contribution is 5.94. The average molecular weight is 369 g/mol. The molecular weight excluding hydrogens is 342 g/mol. The zero-order valence-electron chi connectivity index (χ0n) is 15.8. The number of hydrogen-bond donors (Lipinski definition) is 0. The van der Waals surface area contributed by atoms with E-state index in [1.54, 1.807) is 11.0 Å². The lowest BCUT2D eigenvalue weighted by atomic mass is 10.0. The van der Waals surface area contributed by atoms with Gasteiger partial charge in [-0.1, -0.05) is 31.9 Å². The molecule has 0 radical (unpaired) electrons. The summed E-state index contributed by atoms with van der Waals surface area (Å²) >= 11 is 0. The van der Waals surface area contributed by atoms with Gasteiger partial charge < -0.3 is 9.64 Å². The van der Waals surface area contributed by atoms with Crippen molar-refractivity contribution < 1.29 is 9.53 Å². The van der Waals surface area contributed by atoms with E-state index < -0.39 is 0 Å². The van der Waals surface area contributed by atoms with Gasteiger partial charge in [0.2, 0.25) is 0 Å². The second-order valence-corrected chi connectivity index (χ2v) is 7.69. The zero-order chi connectivity index (χ0) is 18.6. The molecule has 1 saturated heterocycles. The maximum Gasteiger partial charge on any atom is 0.254 e. The normalized spacial score (nSPS) is 22.8. The molecule has 27 heavy (non-hydrogen) atoms. The van der Waals surface area contributed by atoms with E-state index in [0.717, 1.165) is 36.9 Å². The predicted octanol–water partition coefficient (Wildman–Crippen LogP) is 2.53. The molecule has 1 aromatic carbocycles. The summed E-state index contributed by atoms with van der Waals surface area (Å²) < 4.78 is 7.96. The fraction of sp³-hybridized carbons (Fsp3) is 0.600. The van der Waals surface area contributed by atoms with Gasteiger partial charge in [-0.3, -0.25) is 4.79 Å². The van der Waals surface area contributed by atoms with Crippen LogP contribution in [0.1, 0.15) is 54.9 Å². The Morgan fingerprint density at radius 2 is 2.04 bits per heavy atom. The van der Waals surface area contributed by atoms with E-state index in [-0.39, 0.29) is 18.1 Å². The van der Waals surface area contributed by atoms with E-state index in [9.17, 15) is 4.79 Å². The van der Waals surface area contributed by atoms with Crippen molar-refractivity contribution in [1.29, 1.82) is 0 Å². The Hall–Kier alpha value is -2.28. The minimum Gasteiger partial charge on any atom is -0.371 e. The average Bonchev–Trinajstić information content (AvgIpc) is 3.44. The van der Waals surface area contributed by atoms with Gasteiger partial charge in [-0.25, -0.2) is 4.68 Å². The maximum atomic E-state index is 13.1. The summed E-state index contributed by atoms with van der Waals surface area (Å²) in [4.78, 5) is 15.1. The van der Waals surface area contributed by atoms with Crippen molar-refractivity contribution in [2.75, 3.05) is 13.1 Å². The van der Waals surface area contributed by atoms with Crippen LogP contribution < -0.4 is 0 Å². The molecule has 1 amide bonds. The van der Waals surface area contributed by atoms with Crippen LogP contribution in [0.2, 0.25) is 0 Å². The number of ether oxygens (including phenoxy) is 1. The van der Waals surface area contributed by atoms with Gasteiger partial charge in [0.25, 0.3) is 5.91 Å². The number of rotatable bonds is 7. The number of unbranched alkanes of at least 4 members (excludes halogenated alkanes) is 1. The van der Waals surface area contributed by atoms with E-state index in [2.05, 4.69) is 22.4 Å². The molecule has 144 valence electrons. The first-order chi connectivity index (χ1) is 13.2. The predicted molar refractivity (Wildman–Crippen MR) is 100 cm³/mol. The van der Waals surface area contributed by atoms with E-state index in [4.69, 9.17) is 4.74 Å². The van der Waals surface area contributed by atoms with Crippen molar-refractivity contribution in [3.63, 3.8) is 0 Å². The number of morpholine rings is 1. The summed E-state index contributed by atoms with van der Waals surface area (Å²) in [6.45, 7) is 4.22. The molecular formula is C20H27N5O2. The first-order valence-corrected chi connectivity index (χ1v) is 9.97. The molecule has 7 nitrogen and oxygen atoms in total. The fourth-order valence-electron chi connectivity index (χ4n) is 3.73. The summed E-state index contributed by atoms with van der Waals surface area (Å²) in [5, 5.41) is 11.2. The molecule has 0 unspecified atom stereocenters.